The number of halogens is 2. The van der Waals surface area contributed by atoms with E-state index >= 15 is 0 Å². The average Bonchev–Trinajstić information content (AvgIpc) is 2.73. The van der Waals surface area contributed by atoms with Crippen LogP contribution in [0.5, 0.6) is 0 Å². The molecular formula is C12H13BrFNO2. The Morgan fingerprint density at radius 2 is 2.35 bits per heavy atom. The van der Waals surface area contributed by atoms with Crippen LogP contribution in [-0.4, -0.2) is 23.2 Å². The minimum absolute atomic E-state index is 0.174. The predicted molar refractivity (Wildman–Crippen MR) is 65.4 cm³/mol. The Bertz CT molecular complexity index is 444. The van der Waals surface area contributed by atoms with Crippen molar-refractivity contribution in [2.24, 2.45) is 0 Å². The van der Waals surface area contributed by atoms with Crippen molar-refractivity contribution in [2.45, 2.75) is 24.8 Å². The summed E-state index contributed by atoms with van der Waals surface area (Å²) in [6.07, 6.45) is 1.52. The first-order valence-electron chi connectivity index (χ1n) is 5.46. The highest BCUT2D eigenvalue weighted by molar-refractivity contribution is 9.10. The van der Waals surface area contributed by atoms with Crippen molar-refractivity contribution >= 4 is 21.9 Å². The van der Waals surface area contributed by atoms with Crippen LogP contribution in [0.4, 0.5) is 4.39 Å². The lowest BCUT2D eigenvalue weighted by molar-refractivity contribution is -0.144. The first kappa shape index (κ1) is 12.5. The third-order valence-electron chi connectivity index (χ3n) is 3.15. The molecule has 92 valence electrons. The van der Waals surface area contributed by atoms with Crippen molar-refractivity contribution in [1.82, 2.24) is 5.32 Å². The number of aliphatic carboxylic acids is 1. The number of hydrogen-bond donors (Lipinski definition) is 2. The highest BCUT2D eigenvalue weighted by Crippen LogP contribution is 2.27. The zero-order valence-electron chi connectivity index (χ0n) is 9.17. The van der Waals surface area contributed by atoms with Gasteiger partial charge in [-0.05, 0) is 43.1 Å². The smallest absolute Gasteiger partial charge is 0.324 e. The van der Waals surface area contributed by atoms with Crippen LogP contribution in [0.15, 0.2) is 22.7 Å². The second-order valence-electron chi connectivity index (χ2n) is 4.33. The number of carboxylic acids is 1. The molecule has 0 aromatic heterocycles. The zero-order chi connectivity index (χ0) is 12.5. The summed E-state index contributed by atoms with van der Waals surface area (Å²) in [7, 11) is 0. The van der Waals surface area contributed by atoms with E-state index in [1.165, 1.54) is 6.07 Å². The van der Waals surface area contributed by atoms with Crippen molar-refractivity contribution in [3.05, 3.63) is 34.1 Å². The van der Waals surface area contributed by atoms with E-state index in [-0.39, 0.29) is 12.2 Å². The van der Waals surface area contributed by atoms with E-state index in [9.17, 15) is 14.3 Å². The summed E-state index contributed by atoms with van der Waals surface area (Å²) in [4.78, 5) is 11.3. The van der Waals surface area contributed by atoms with Crippen molar-refractivity contribution in [1.29, 1.82) is 0 Å². The lowest BCUT2D eigenvalue weighted by Gasteiger charge is -2.24. The van der Waals surface area contributed by atoms with E-state index in [4.69, 9.17) is 0 Å². The van der Waals surface area contributed by atoms with Gasteiger partial charge in [0.15, 0.2) is 0 Å². The molecule has 2 N–H and O–H groups in total. The molecule has 3 nitrogen and oxygen atoms in total. The number of rotatable bonds is 3. The fraction of sp³-hybridized carbons (Fsp3) is 0.417. The molecule has 1 heterocycles. The van der Waals surface area contributed by atoms with Crippen molar-refractivity contribution in [3.8, 4) is 0 Å². The van der Waals surface area contributed by atoms with Gasteiger partial charge in [-0.2, -0.15) is 0 Å². The highest BCUT2D eigenvalue weighted by atomic mass is 79.9. The number of nitrogens with one attached hydrogen (secondary N) is 1. The van der Waals surface area contributed by atoms with Crippen LogP contribution in [0, 0.1) is 5.82 Å². The summed E-state index contributed by atoms with van der Waals surface area (Å²) >= 11 is 3.27. The standard InChI is InChI=1S/C12H13BrFNO2/c13-9-2-3-10(14)8(6-9)7-12(11(16)17)4-1-5-15-12/h2-3,6,15H,1,4-5,7H2,(H,16,17). The molecule has 0 aliphatic carbocycles. The van der Waals surface area contributed by atoms with Crippen LogP contribution in [0.2, 0.25) is 0 Å². The van der Waals surface area contributed by atoms with Gasteiger partial charge in [-0.15, -0.1) is 0 Å². The maximum atomic E-state index is 13.6. The molecule has 2 rings (SSSR count). The first-order chi connectivity index (χ1) is 8.03. The molecule has 1 saturated heterocycles. The predicted octanol–water partition coefficient (Wildman–Crippen LogP) is 2.34. The van der Waals surface area contributed by atoms with E-state index in [1.54, 1.807) is 12.1 Å². The lowest BCUT2D eigenvalue weighted by Crippen LogP contribution is -2.49. The molecule has 0 bridgehead atoms. The Balaban J connectivity index is 2.29. The molecular weight excluding hydrogens is 289 g/mol. The maximum Gasteiger partial charge on any atom is 0.324 e. The Morgan fingerprint density at radius 1 is 1.59 bits per heavy atom. The summed E-state index contributed by atoms with van der Waals surface area (Å²) in [5.74, 6) is -1.27. The van der Waals surface area contributed by atoms with Gasteiger partial charge < -0.3 is 10.4 Å². The Morgan fingerprint density at radius 3 is 2.94 bits per heavy atom. The summed E-state index contributed by atoms with van der Waals surface area (Å²) < 4.78 is 14.4. The van der Waals surface area contributed by atoms with Crippen LogP contribution in [0.25, 0.3) is 0 Å². The van der Waals surface area contributed by atoms with Crippen LogP contribution in [0.1, 0.15) is 18.4 Å². The van der Waals surface area contributed by atoms with Crippen LogP contribution in [0.3, 0.4) is 0 Å². The van der Waals surface area contributed by atoms with Gasteiger partial charge in [0.25, 0.3) is 0 Å². The SMILES string of the molecule is O=C(O)C1(Cc2cc(Br)ccc2F)CCCN1. The second kappa shape index (κ2) is 4.74. The minimum atomic E-state index is -1.01. The molecule has 0 saturated carbocycles. The van der Waals surface area contributed by atoms with Gasteiger partial charge in [-0.1, -0.05) is 15.9 Å². The summed E-state index contributed by atoms with van der Waals surface area (Å²) in [5.41, 5.74) is -0.585. The van der Waals surface area contributed by atoms with Gasteiger partial charge in [-0.25, -0.2) is 4.39 Å². The summed E-state index contributed by atoms with van der Waals surface area (Å²) in [6, 6.07) is 4.60. The molecule has 0 spiro atoms. The molecule has 0 radical (unpaired) electrons. The van der Waals surface area contributed by atoms with Crippen molar-refractivity contribution in [3.63, 3.8) is 0 Å². The Kier molecular flexibility index (Phi) is 3.49. The van der Waals surface area contributed by atoms with E-state index in [2.05, 4.69) is 21.2 Å². The second-order valence-corrected chi connectivity index (χ2v) is 5.25. The molecule has 1 aliphatic heterocycles. The summed E-state index contributed by atoms with van der Waals surface area (Å²) in [6.45, 7) is 0.669. The van der Waals surface area contributed by atoms with E-state index in [1.807, 2.05) is 0 Å². The summed E-state index contributed by atoms with van der Waals surface area (Å²) in [5, 5.41) is 12.3. The average molecular weight is 302 g/mol. The minimum Gasteiger partial charge on any atom is -0.480 e. The van der Waals surface area contributed by atoms with Gasteiger partial charge in [-0.3, -0.25) is 4.79 Å². The van der Waals surface area contributed by atoms with Gasteiger partial charge in [0.05, 0.1) is 0 Å². The third-order valence-corrected chi connectivity index (χ3v) is 3.65. The van der Waals surface area contributed by atoms with Crippen LogP contribution >= 0.6 is 15.9 Å². The van der Waals surface area contributed by atoms with E-state index in [0.29, 0.717) is 18.5 Å². The van der Waals surface area contributed by atoms with Crippen molar-refractivity contribution in [2.75, 3.05) is 6.54 Å². The number of benzene rings is 1. The molecule has 1 aromatic rings. The van der Waals surface area contributed by atoms with E-state index in [0.717, 1.165) is 10.9 Å². The number of carboxylic acid groups (broad SMARTS) is 1. The van der Waals surface area contributed by atoms with Gasteiger partial charge >= 0.3 is 5.97 Å². The van der Waals surface area contributed by atoms with E-state index < -0.39 is 11.5 Å². The number of hydrogen-bond acceptors (Lipinski definition) is 2. The molecule has 1 aromatic carbocycles. The van der Waals surface area contributed by atoms with Gasteiger partial charge in [0, 0.05) is 10.9 Å². The largest absolute Gasteiger partial charge is 0.480 e. The molecule has 1 aliphatic rings. The van der Waals surface area contributed by atoms with Crippen molar-refractivity contribution < 1.29 is 14.3 Å². The van der Waals surface area contributed by atoms with Crippen LogP contribution < -0.4 is 5.32 Å². The molecule has 17 heavy (non-hydrogen) atoms. The monoisotopic (exact) mass is 301 g/mol. The molecule has 0 amide bonds. The Hall–Kier alpha value is -0.940. The first-order valence-corrected chi connectivity index (χ1v) is 6.25. The molecule has 1 fully saturated rings. The lowest BCUT2D eigenvalue weighted by atomic mass is 9.89. The molecule has 1 atom stereocenters. The number of carbonyl (C=O) groups is 1. The maximum absolute atomic E-state index is 13.6. The van der Waals surface area contributed by atoms with Gasteiger partial charge in [0.1, 0.15) is 11.4 Å². The fourth-order valence-corrected chi connectivity index (χ4v) is 2.63. The fourth-order valence-electron chi connectivity index (χ4n) is 2.22. The molecule has 5 heteroatoms. The van der Waals surface area contributed by atoms with Gasteiger partial charge in [0.2, 0.25) is 0 Å². The normalized spacial score (nSPS) is 23.9. The topological polar surface area (TPSA) is 49.3 Å². The quantitative estimate of drug-likeness (QED) is 0.901. The van der Waals surface area contributed by atoms with Crippen LogP contribution in [-0.2, 0) is 11.2 Å². The Labute approximate surface area is 107 Å². The highest BCUT2D eigenvalue weighted by Gasteiger charge is 2.41. The zero-order valence-corrected chi connectivity index (χ0v) is 10.8. The third kappa shape index (κ3) is 2.50. The molecule has 1 unspecified atom stereocenters.